The van der Waals surface area contributed by atoms with Crippen LogP contribution in [0.2, 0.25) is 15.1 Å². The standard InChI is InChI=1S/C29H26Cl3N5O2S/c1-16-12-20(17(2)36(16)25-10-7-18(30)13-22(25)32)28-27(24-6-4-5-11-33-24)35-29(40)37(28)19-8-9-23(21(31)14-19)34-26(38)15-39-3/h4-14,27-28H,15H2,1-3H3,(H,34,38)(H,35,40)/t27-,28-/m0/s1. The number of aryl methyl sites for hydroxylation is 1. The molecule has 1 aliphatic rings. The number of amides is 1. The molecule has 0 spiro atoms. The number of carbonyl (C=O) groups is 1. The summed E-state index contributed by atoms with van der Waals surface area (Å²) in [7, 11) is 1.46. The van der Waals surface area contributed by atoms with Crippen LogP contribution in [0.5, 0.6) is 0 Å². The van der Waals surface area contributed by atoms with Gasteiger partial charge in [0, 0.05) is 35.4 Å². The second kappa shape index (κ2) is 11.8. The fourth-order valence-electron chi connectivity index (χ4n) is 5.14. The number of nitrogens with one attached hydrogen (secondary N) is 2. The van der Waals surface area contributed by atoms with E-state index >= 15 is 0 Å². The molecule has 1 amide bonds. The Bertz CT molecular complexity index is 1590. The van der Waals surface area contributed by atoms with Crippen LogP contribution in [-0.4, -0.2) is 34.3 Å². The van der Waals surface area contributed by atoms with Crippen LogP contribution in [0.25, 0.3) is 5.69 Å². The number of anilines is 2. The molecule has 2 aromatic carbocycles. The van der Waals surface area contributed by atoms with Gasteiger partial charge in [0.2, 0.25) is 5.91 Å². The summed E-state index contributed by atoms with van der Waals surface area (Å²) in [5, 5.41) is 8.28. The first kappa shape index (κ1) is 28.4. The topological polar surface area (TPSA) is 71.4 Å². The molecule has 5 rings (SSSR count). The van der Waals surface area contributed by atoms with E-state index in [1.165, 1.54) is 7.11 Å². The van der Waals surface area contributed by atoms with Gasteiger partial charge in [0.25, 0.3) is 0 Å². The highest BCUT2D eigenvalue weighted by atomic mass is 35.5. The molecular weight excluding hydrogens is 589 g/mol. The van der Waals surface area contributed by atoms with Crippen LogP contribution in [0.15, 0.2) is 66.9 Å². The summed E-state index contributed by atoms with van der Waals surface area (Å²) in [5.41, 5.74) is 5.98. The van der Waals surface area contributed by atoms with Crippen molar-refractivity contribution in [3.8, 4) is 5.69 Å². The van der Waals surface area contributed by atoms with E-state index in [9.17, 15) is 4.79 Å². The molecular formula is C29H26Cl3N5O2S. The number of pyridine rings is 1. The molecule has 2 atom stereocenters. The van der Waals surface area contributed by atoms with Gasteiger partial charge in [0.1, 0.15) is 6.61 Å². The van der Waals surface area contributed by atoms with E-state index in [-0.39, 0.29) is 24.6 Å². The van der Waals surface area contributed by atoms with Crippen LogP contribution in [0.3, 0.4) is 0 Å². The highest BCUT2D eigenvalue weighted by Crippen LogP contribution is 2.45. The molecule has 4 aromatic rings. The van der Waals surface area contributed by atoms with Crippen LogP contribution in [-0.2, 0) is 9.53 Å². The van der Waals surface area contributed by atoms with Crippen molar-refractivity contribution < 1.29 is 9.53 Å². The quantitative estimate of drug-likeness (QED) is 0.214. The van der Waals surface area contributed by atoms with Crippen molar-refractivity contribution in [1.29, 1.82) is 0 Å². The molecule has 0 saturated carbocycles. The summed E-state index contributed by atoms with van der Waals surface area (Å²) in [6.45, 7) is 4.03. The van der Waals surface area contributed by atoms with Gasteiger partial charge in [0.15, 0.2) is 5.11 Å². The number of ether oxygens (including phenoxy) is 1. The molecule has 0 bridgehead atoms. The van der Waals surface area contributed by atoms with Gasteiger partial charge in [0.05, 0.1) is 39.2 Å². The third kappa shape index (κ3) is 5.42. The molecule has 40 heavy (non-hydrogen) atoms. The van der Waals surface area contributed by atoms with Crippen molar-refractivity contribution in [2.75, 3.05) is 23.9 Å². The van der Waals surface area contributed by atoms with Crippen LogP contribution < -0.4 is 15.5 Å². The van der Waals surface area contributed by atoms with Crippen LogP contribution >= 0.6 is 47.0 Å². The van der Waals surface area contributed by atoms with E-state index in [4.69, 9.17) is 51.8 Å². The first-order valence-electron chi connectivity index (χ1n) is 12.4. The average Bonchev–Trinajstić information content (AvgIpc) is 3.41. The molecule has 2 N–H and O–H groups in total. The van der Waals surface area contributed by atoms with E-state index in [2.05, 4.69) is 33.2 Å². The van der Waals surface area contributed by atoms with Gasteiger partial charge in [-0.3, -0.25) is 9.78 Å². The molecule has 7 nitrogen and oxygen atoms in total. The Labute approximate surface area is 253 Å². The second-order valence-corrected chi connectivity index (χ2v) is 11.0. The van der Waals surface area contributed by atoms with E-state index in [0.29, 0.717) is 25.9 Å². The third-order valence-corrected chi connectivity index (χ3v) is 7.98. The number of methoxy groups -OCH3 is 1. The Morgan fingerprint density at radius 3 is 2.55 bits per heavy atom. The number of rotatable bonds is 7. The van der Waals surface area contributed by atoms with Crippen LogP contribution in [0.1, 0.15) is 34.7 Å². The molecule has 0 unspecified atom stereocenters. The Balaban J connectivity index is 1.62. The maximum absolute atomic E-state index is 12.1. The smallest absolute Gasteiger partial charge is 0.250 e. The van der Waals surface area contributed by atoms with Gasteiger partial charge < -0.3 is 24.8 Å². The largest absolute Gasteiger partial charge is 0.375 e. The summed E-state index contributed by atoms with van der Waals surface area (Å²) in [4.78, 5) is 18.7. The SMILES string of the molecule is COCC(=O)Nc1ccc(N2C(=S)N[C@@H](c3ccccn3)[C@@H]2c2cc(C)n(-c3ccc(Cl)cc3Cl)c2C)cc1Cl. The van der Waals surface area contributed by atoms with Crippen molar-refractivity contribution in [3.63, 3.8) is 0 Å². The van der Waals surface area contributed by atoms with Gasteiger partial charge in [-0.05, 0) is 86.2 Å². The van der Waals surface area contributed by atoms with E-state index in [0.717, 1.165) is 34.0 Å². The molecule has 3 heterocycles. The minimum atomic E-state index is -0.295. The van der Waals surface area contributed by atoms with Gasteiger partial charge in [-0.2, -0.15) is 0 Å². The summed E-state index contributed by atoms with van der Waals surface area (Å²) in [5.74, 6) is -0.295. The Morgan fingerprint density at radius 1 is 1.07 bits per heavy atom. The predicted molar refractivity (Wildman–Crippen MR) is 165 cm³/mol. The van der Waals surface area contributed by atoms with Gasteiger partial charge in [-0.1, -0.05) is 40.9 Å². The Kier molecular flexibility index (Phi) is 8.35. The maximum atomic E-state index is 12.1. The molecule has 1 aliphatic heterocycles. The van der Waals surface area contributed by atoms with Gasteiger partial charge in [-0.15, -0.1) is 0 Å². The zero-order valence-corrected chi connectivity index (χ0v) is 25.0. The lowest BCUT2D eigenvalue weighted by atomic mass is 9.96. The zero-order valence-electron chi connectivity index (χ0n) is 21.9. The number of benzene rings is 2. The van der Waals surface area contributed by atoms with E-state index in [1.54, 1.807) is 24.4 Å². The number of hydrogen-bond donors (Lipinski definition) is 2. The second-order valence-electron chi connectivity index (χ2n) is 9.40. The summed E-state index contributed by atoms with van der Waals surface area (Å²) in [6, 6.07) is 18.4. The molecule has 1 saturated heterocycles. The minimum Gasteiger partial charge on any atom is -0.375 e. The number of halogens is 3. The first-order valence-corrected chi connectivity index (χ1v) is 14.0. The van der Waals surface area contributed by atoms with Crippen LogP contribution in [0, 0.1) is 13.8 Å². The van der Waals surface area contributed by atoms with Crippen molar-refractivity contribution >= 4 is 69.4 Å². The fourth-order valence-corrected chi connectivity index (χ4v) is 6.20. The van der Waals surface area contributed by atoms with Crippen molar-refractivity contribution in [2.24, 2.45) is 0 Å². The normalized spacial score (nSPS) is 16.8. The van der Waals surface area contributed by atoms with Crippen molar-refractivity contribution in [2.45, 2.75) is 25.9 Å². The third-order valence-electron chi connectivity index (χ3n) is 6.82. The lowest BCUT2D eigenvalue weighted by molar-refractivity contribution is -0.119. The zero-order chi connectivity index (χ0) is 28.6. The number of hydrogen-bond acceptors (Lipinski definition) is 4. The lowest BCUT2D eigenvalue weighted by Crippen LogP contribution is -2.29. The number of thiocarbonyl (C=S) groups is 1. The fraction of sp³-hybridized carbons (Fsp3) is 0.207. The molecule has 206 valence electrons. The minimum absolute atomic E-state index is 0.0701. The van der Waals surface area contributed by atoms with Gasteiger partial charge in [-0.25, -0.2) is 0 Å². The Morgan fingerprint density at radius 2 is 1.88 bits per heavy atom. The number of carbonyl (C=O) groups excluding carboxylic acids is 1. The van der Waals surface area contributed by atoms with E-state index < -0.39 is 0 Å². The molecule has 2 aromatic heterocycles. The predicted octanol–water partition coefficient (Wildman–Crippen LogP) is 7.21. The maximum Gasteiger partial charge on any atom is 0.250 e. The van der Waals surface area contributed by atoms with Crippen molar-refractivity contribution in [1.82, 2.24) is 14.9 Å². The highest BCUT2D eigenvalue weighted by Gasteiger charge is 2.42. The number of aromatic nitrogens is 2. The molecule has 11 heteroatoms. The number of nitrogens with zero attached hydrogens (tertiary/aromatic N) is 3. The van der Waals surface area contributed by atoms with Gasteiger partial charge >= 0.3 is 0 Å². The van der Waals surface area contributed by atoms with Crippen molar-refractivity contribution in [3.05, 3.63) is 105 Å². The summed E-state index contributed by atoms with van der Waals surface area (Å²) in [6.07, 6.45) is 1.77. The molecule has 0 radical (unpaired) electrons. The van der Waals surface area contributed by atoms with Crippen LogP contribution in [0.4, 0.5) is 11.4 Å². The summed E-state index contributed by atoms with van der Waals surface area (Å²) >= 11 is 25.3. The molecule has 0 aliphatic carbocycles. The summed E-state index contributed by atoms with van der Waals surface area (Å²) < 4.78 is 7.02. The monoisotopic (exact) mass is 613 g/mol. The highest BCUT2D eigenvalue weighted by molar-refractivity contribution is 7.80. The lowest BCUT2D eigenvalue weighted by Gasteiger charge is -2.28. The average molecular weight is 615 g/mol. The first-order chi connectivity index (χ1) is 19.2. The molecule has 1 fully saturated rings. The Hall–Kier alpha value is -3.14. The van der Waals surface area contributed by atoms with E-state index in [1.807, 2.05) is 48.2 Å².